The van der Waals surface area contributed by atoms with E-state index in [4.69, 9.17) is 0 Å². The van der Waals surface area contributed by atoms with Crippen LogP contribution in [0, 0.1) is 5.92 Å². The number of pyridine rings is 1. The minimum Gasteiger partial charge on any atom is -0.298 e. The number of hydrogen-bond acceptors (Lipinski definition) is 2. The first-order valence-electron chi connectivity index (χ1n) is 5.83. The second-order valence-electron chi connectivity index (χ2n) is 4.45. The lowest BCUT2D eigenvalue weighted by Gasteiger charge is -2.07. The van der Waals surface area contributed by atoms with Gasteiger partial charge in [0.25, 0.3) is 0 Å². The first-order chi connectivity index (χ1) is 8.63. The molecule has 18 heavy (non-hydrogen) atoms. The number of aromatic nitrogens is 1. The van der Waals surface area contributed by atoms with Gasteiger partial charge in [0.1, 0.15) is 6.29 Å². The van der Waals surface area contributed by atoms with Crippen molar-refractivity contribution in [3.05, 3.63) is 46.1 Å². The fourth-order valence-electron chi connectivity index (χ4n) is 1.79. The quantitative estimate of drug-likeness (QED) is 0.627. The van der Waals surface area contributed by atoms with Crippen LogP contribution < -0.4 is 0 Å². The summed E-state index contributed by atoms with van der Waals surface area (Å²) in [5.74, 6) is 0.213. The number of rotatable bonds is 3. The molecule has 1 heterocycles. The Morgan fingerprint density at radius 3 is 2.78 bits per heavy atom. The summed E-state index contributed by atoms with van der Waals surface area (Å²) in [6, 6.07) is 7.88. The van der Waals surface area contributed by atoms with E-state index in [-0.39, 0.29) is 5.92 Å². The second-order valence-corrected chi connectivity index (χ2v) is 5.31. The predicted octanol–water partition coefficient (Wildman–Crippen LogP) is 4.24. The van der Waals surface area contributed by atoms with Crippen molar-refractivity contribution in [2.45, 2.75) is 13.8 Å². The Balaban J connectivity index is 2.66. The van der Waals surface area contributed by atoms with Gasteiger partial charge in [0, 0.05) is 21.6 Å². The number of aldehydes is 1. The minimum atomic E-state index is 0.213. The fourth-order valence-corrected chi connectivity index (χ4v) is 2.24. The minimum absolute atomic E-state index is 0.213. The van der Waals surface area contributed by atoms with Crippen LogP contribution in [0.5, 0.6) is 0 Å². The van der Waals surface area contributed by atoms with Crippen LogP contribution in [0.4, 0.5) is 0 Å². The smallest absolute Gasteiger partial charge is 0.146 e. The highest BCUT2D eigenvalue weighted by molar-refractivity contribution is 9.10. The van der Waals surface area contributed by atoms with Gasteiger partial charge in [0.2, 0.25) is 0 Å². The largest absolute Gasteiger partial charge is 0.298 e. The first-order valence-corrected chi connectivity index (χ1v) is 6.62. The number of allylic oxidation sites excluding steroid dienone is 1. The Bertz CT molecular complexity index is 617. The third-order valence-corrected chi connectivity index (χ3v) is 3.56. The molecule has 0 aliphatic heterocycles. The van der Waals surface area contributed by atoms with Gasteiger partial charge in [-0.3, -0.25) is 9.78 Å². The summed E-state index contributed by atoms with van der Waals surface area (Å²) in [7, 11) is 0. The van der Waals surface area contributed by atoms with Gasteiger partial charge in [-0.25, -0.2) is 0 Å². The van der Waals surface area contributed by atoms with Gasteiger partial charge in [0.15, 0.2) is 0 Å². The van der Waals surface area contributed by atoms with Gasteiger partial charge >= 0.3 is 0 Å². The van der Waals surface area contributed by atoms with Crippen LogP contribution in [0.3, 0.4) is 0 Å². The highest BCUT2D eigenvalue weighted by Gasteiger charge is 2.06. The van der Waals surface area contributed by atoms with Crippen LogP contribution in [-0.4, -0.2) is 11.3 Å². The number of fused-ring (bicyclic) bond motifs is 1. The highest BCUT2D eigenvalue weighted by atomic mass is 79.9. The van der Waals surface area contributed by atoms with Crippen molar-refractivity contribution in [3.8, 4) is 0 Å². The zero-order valence-electron chi connectivity index (χ0n) is 10.4. The lowest BCUT2D eigenvalue weighted by molar-refractivity contribution is -0.105. The molecular formula is C15H14BrNO. The average molecular weight is 304 g/mol. The molecular weight excluding hydrogens is 290 g/mol. The van der Waals surface area contributed by atoms with Crippen molar-refractivity contribution in [2.75, 3.05) is 0 Å². The summed E-state index contributed by atoms with van der Waals surface area (Å²) in [4.78, 5) is 15.5. The Kier molecular flexibility index (Phi) is 3.92. The normalized spacial score (nSPS) is 12.1. The Morgan fingerprint density at radius 2 is 2.11 bits per heavy atom. The standard InChI is InChI=1S/C15H14BrNO/c1-10(2)12(9-18)8-11-5-6-14(16)13-4-3-7-17-15(11)13/h3-10H,1-2H3/b12-8+. The second kappa shape index (κ2) is 5.44. The number of benzene rings is 1. The predicted molar refractivity (Wildman–Crippen MR) is 78.3 cm³/mol. The van der Waals surface area contributed by atoms with Crippen LogP contribution in [0.2, 0.25) is 0 Å². The van der Waals surface area contributed by atoms with E-state index in [2.05, 4.69) is 20.9 Å². The first kappa shape index (κ1) is 13.0. The van der Waals surface area contributed by atoms with E-state index in [1.807, 2.05) is 44.2 Å². The molecule has 0 fully saturated rings. The molecule has 92 valence electrons. The zero-order chi connectivity index (χ0) is 13.1. The number of nitrogens with zero attached hydrogens (tertiary/aromatic N) is 1. The van der Waals surface area contributed by atoms with Crippen molar-refractivity contribution < 1.29 is 4.79 Å². The summed E-state index contributed by atoms with van der Waals surface area (Å²) in [5.41, 5.74) is 2.67. The Labute approximate surface area is 115 Å². The summed E-state index contributed by atoms with van der Waals surface area (Å²) in [6.07, 6.45) is 4.60. The Hall–Kier alpha value is -1.48. The molecule has 0 amide bonds. The summed E-state index contributed by atoms with van der Waals surface area (Å²) in [5, 5.41) is 1.06. The monoisotopic (exact) mass is 303 g/mol. The average Bonchev–Trinajstić information content (AvgIpc) is 2.38. The van der Waals surface area contributed by atoms with E-state index >= 15 is 0 Å². The molecule has 0 bridgehead atoms. The lowest BCUT2D eigenvalue weighted by atomic mass is 10.0. The SMILES string of the molecule is CC(C)/C(C=O)=C/c1ccc(Br)c2cccnc12. The van der Waals surface area contributed by atoms with E-state index in [0.29, 0.717) is 0 Å². The number of halogens is 1. The van der Waals surface area contributed by atoms with E-state index in [9.17, 15) is 4.79 Å². The number of carbonyl (C=O) groups excluding carboxylic acids is 1. The summed E-state index contributed by atoms with van der Waals surface area (Å²) in [6.45, 7) is 4.02. The molecule has 0 aliphatic carbocycles. The molecule has 0 N–H and O–H groups in total. The third-order valence-electron chi connectivity index (χ3n) is 2.87. The van der Waals surface area contributed by atoms with Crippen molar-refractivity contribution in [3.63, 3.8) is 0 Å². The molecule has 0 unspecified atom stereocenters. The van der Waals surface area contributed by atoms with Crippen molar-refractivity contribution >= 4 is 39.2 Å². The molecule has 0 atom stereocenters. The molecule has 2 aromatic rings. The molecule has 0 radical (unpaired) electrons. The van der Waals surface area contributed by atoms with Crippen LogP contribution in [0.25, 0.3) is 17.0 Å². The summed E-state index contributed by atoms with van der Waals surface area (Å²) < 4.78 is 1.01. The molecule has 0 saturated carbocycles. The number of carbonyl (C=O) groups is 1. The topological polar surface area (TPSA) is 30.0 Å². The molecule has 0 saturated heterocycles. The van der Waals surface area contributed by atoms with Gasteiger partial charge < -0.3 is 0 Å². The van der Waals surface area contributed by atoms with Crippen molar-refractivity contribution in [2.24, 2.45) is 5.92 Å². The maximum atomic E-state index is 11.1. The maximum Gasteiger partial charge on any atom is 0.146 e. The molecule has 1 aromatic carbocycles. The van der Waals surface area contributed by atoms with E-state index < -0.39 is 0 Å². The zero-order valence-corrected chi connectivity index (χ0v) is 11.9. The third kappa shape index (κ3) is 2.51. The van der Waals surface area contributed by atoms with Gasteiger partial charge in [0.05, 0.1) is 5.52 Å². The molecule has 0 aliphatic rings. The maximum absolute atomic E-state index is 11.1. The fraction of sp³-hybridized carbons (Fsp3) is 0.200. The van der Waals surface area contributed by atoms with Gasteiger partial charge in [-0.15, -0.1) is 0 Å². The highest BCUT2D eigenvalue weighted by Crippen LogP contribution is 2.27. The van der Waals surface area contributed by atoms with Crippen LogP contribution in [-0.2, 0) is 4.79 Å². The van der Waals surface area contributed by atoms with Crippen molar-refractivity contribution in [1.29, 1.82) is 0 Å². The van der Waals surface area contributed by atoms with Crippen LogP contribution >= 0.6 is 15.9 Å². The molecule has 2 nitrogen and oxygen atoms in total. The number of hydrogen-bond donors (Lipinski definition) is 0. The molecule has 0 spiro atoms. The van der Waals surface area contributed by atoms with E-state index in [1.54, 1.807) is 6.20 Å². The van der Waals surface area contributed by atoms with Crippen LogP contribution in [0.15, 0.2) is 40.5 Å². The van der Waals surface area contributed by atoms with E-state index in [1.165, 1.54) is 0 Å². The molecule has 2 rings (SSSR count). The van der Waals surface area contributed by atoms with Gasteiger partial charge in [-0.1, -0.05) is 41.9 Å². The van der Waals surface area contributed by atoms with Crippen molar-refractivity contribution in [1.82, 2.24) is 4.98 Å². The van der Waals surface area contributed by atoms with E-state index in [0.717, 1.165) is 32.8 Å². The van der Waals surface area contributed by atoms with Gasteiger partial charge in [-0.05, 0) is 29.7 Å². The molecule has 1 aromatic heterocycles. The summed E-state index contributed by atoms with van der Waals surface area (Å²) >= 11 is 3.51. The van der Waals surface area contributed by atoms with Gasteiger partial charge in [-0.2, -0.15) is 0 Å². The lowest BCUT2D eigenvalue weighted by Crippen LogP contribution is -1.95. The Morgan fingerprint density at radius 1 is 1.33 bits per heavy atom. The molecule has 3 heteroatoms. The van der Waals surface area contributed by atoms with Crippen LogP contribution in [0.1, 0.15) is 19.4 Å².